The summed E-state index contributed by atoms with van der Waals surface area (Å²) < 4.78 is 11.3. The predicted octanol–water partition coefficient (Wildman–Crippen LogP) is 5.34. The lowest BCUT2D eigenvalue weighted by atomic mass is 10.1. The maximum atomic E-state index is 13.1. The minimum Gasteiger partial charge on any atom is -0.492 e. The molecule has 3 aromatic rings. The number of amides is 1. The van der Waals surface area contributed by atoms with Crippen molar-refractivity contribution in [2.75, 3.05) is 18.2 Å². The van der Waals surface area contributed by atoms with Crippen LogP contribution >= 0.6 is 11.8 Å². The van der Waals surface area contributed by atoms with Gasteiger partial charge < -0.3 is 14.8 Å². The molecule has 0 unspecified atom stereocenters. The lowest BCUT2D eigenvalue weighted by molar-refractivity contribution is -0.125. The highest BCUT2D eigenvalue weighted by Gasteiger charge is 2.27. The fraction of sp³-hybridized carbons (Fsp3) is 0.167. The van der Waals surface area contributed by atoms with E-state index in [0.717, 1.165) is 4.90 Å². The Morgan fingerprint density at radius 1 is 0.933 bits per heavy atom. The molecule has 154 valence electrons. The normalized spacial score (nSPS) is 11.4. The number of para-hydroxylation sites is 2. The Bertz CT molecular complexity index is 1010. The Balaban J connectivity index is 1.88. The Labute approximate surface area is 180 Å². The number of esters is 1. The van der Waals surface area contributed by atoms with Gasteiger partial charge in [-0.1, -0.05) is 54.6 Å². The maximum Gasteiger partial charge on any atom is 0.340 e. The number of carbonyl (C=O) groups is 2. The molecule has 1 N–H and O–H groups in total. The van der Waals surface area contributed by atoms with Crippen LogP contribution < -0.4 is 10.1 Å². The van der Waals surface area contributed by atoms with E-state index in [1.54, 1.807) is 54.6 Å². The van der Waals surface area contributed by atoms with Crippen LogP contribution in [0.4, 0.5) is 5.69 Å². The number of hydrogen-bond donors (Lipinski definition) is 1. The Kier molecular flexibility index (Phi) is 7.51. The highest BCUT2D eigenvalue weighted by Crippen LogP contribution is 2.28. The maximum absolute atomic E-state index is 13.1. The van der Waals surface area contributed by atoms with Crippen molar-refractivity contribution in [2.45, 2.75) is 17.9 Å². The van der Waals surface area contributed by atoms with Gasteiger partial charge in [0.1, 0.15) is 5.75 Å². The first kappa shape index (κ1) is 21.5. The smallest absolute Gasteiger partial charge is 0.340 e. The molecule has 0 heterocycles. The molecule has 0 aliphatic heterocycles. The van der Waals surface area contributed by atoms with Gasteiger partial charge >= 0.3 is 5.97 Å². The molecule has 0 radical (unpaired) electrons. The van der Waals surface area contributed by atoms with Crippen LogP contribution in [0.1, 0.15) is 28.9 Å². The van der Waals surface area contributed by atoms with E-state index in [-0.39, 0.29) is 0 Å². The molecule has 0 aliphatic carbocycles. The van der Waals surface area contributed by atoms with E-state index in [4.69, 9.17) is 9.47 Å². The molecule has 0 spiro atoms. The molecule has 0 aromatic heterocycles. The predicted molar refractivity (Wildman–Crippen MR) is 119 cm³/mol. The van der Waals surface area contributed by atoms with Crippen molar-refractivity contribution in [3.63, 3.8) is 0 Å². The van der Waals surface area contributed by atoms with E-state index >= 15 is 0 Å². The van der Waals surface area contributed by atoms with Gasteiger partial charge in [0.25, 0.3) is 5.91 Å². The number of thioether (sulfide) groups is 1. The summed E-state index contributed by atoms with van der Waals surface area (Å²) in [4.78, 5) is 26.8. The molecule has 0 saturated heterocycles. The summed E-state index contributed by atoms with van der Waals surface area (Å²) in [5, 5.41) is 2.83. The van der Waals surface area contributed by atoms with Gasteiger partial charge in [-0.15, -0.1) is 11.8 Å². The molecule has 0 fully saturated rings. The highest BCUT2D eigenvalue weighted by molar-refractivity contribution is 7.98. The molecule has 3 rings (SSSR count). The Morgan fingerprint density at radius 2 is 1.60 bits per heavy atom. The van der Waals surface area contributed by atoms with Gasteiger partial charge in [0.15, 0.2) is 0 Å². The fourth-order valence-corrected chi connectivity index (χ4v) is 3.52. The largest absolute Gasteiger partial charge is 0.492 e. The van der Waals surface area contributed by atoms with E-state index in [0.29, 0.717) is 29.2 Å². The molecule has 0 saturated carbocycles. The number of hydrogen-bond acceptors (Lipinski definition) is 5. The zero-order valence-corrected chi connectivity index (χ0v) is 17.6. The number of benzene rings is 3. The fourth-order valence-electron chi connectivity index (χ4n) is 2.93. The van der Waals surface area contributed by atoms with Crippen LogP contribution in [0.25, 0.3) is 0 Å². The minimum atomic E-state index is -1.11. The second-order valence-corrected chi connectivity index (χ2v) is 7.16. The van der Waals surface area contributed by atoms with Crippen LogP contribution in [0.15, 0.2) is 83.8 Å². The second kappa shape index (κ2) is 10.5. The van der Waals surface area contributed by atoms with Gasteiger partial charge in [-0.25, -0.2) is 4.79 Å². The molecule has 5 nitrogen and oxygen atoms in total. The summed E-state index contributed by atoms with van der Waals surface area (Å²) in [6, 6.07) is 23.3. The number of rotatable bonds is 8. The second-order valence-electron chi connectivity index (χ2n) is 6.31. The van der Waals surface area contributed by atoms with E-state index in [1.807, 2.05) is 37.4 Å². The van der Waals surface area contributed by atoms with Gasteiger partial charge in [-0.05, 0) is 37.4 Å². The minimum absolute atomic E-state index is 0.424. The molecule has 6 heteroatoms. The summed E-state index contributed by atoms with van der Waals surface area (Å²) in [6.07, 6.45) is 0.779. The van der Waals surface area contributed by atoms with Crippen LogP contribution in [-0.2, 0) is 9.53 Å². The van der Waals surface area contributed by atoms with E-state index < -0.39 is 18.0 Å². The van der Waals surface area contributed by atoms with Crippen molar-refractivity contribution in [1.82, 2.24) is 0 Å². The van der Waals surface area contributed by atoms with Crippen molar-refractivity contribution in [3.8, 4) is 5.75 Å². The monoisotopic (exact) mass is 421 g/mol. The molecular weight excluding hydrogens is 398 g/mol. The molecule has 30 heavy (non-hydrogen) atoms. The van der Waals surface area contributed by atoms with Crippen LogP contribution in [0.5, 0.6) is 5.75 Å². The molecule has 3 aromatic carbocycles. The van der Waals surface area contributed by atoms with Gasteiger partial charge in [0, 0.05) is 10.5 Å². The number of anilines is 1. The summed E-state index contributed by atoms with van der Waals surface area (Å²) in [5.41, 5.74) is 1.53. The molecule has 0 aliphatic rings. The zero-order chi connectivity index (χ0) is 21.3. The van der Waals surface area contributed by atoms with E-state index in [1.165, 1.54) is 11.8 Å². The van der Waals surface area contributed by atoms with Crippen molar-refractivity contribution >= 4 is 29.3 Å². The van der Waals surface area contributed by atoms with Gasteiger partial charge in [0.2, 0.25) is 6.10 Å². The summed E-state index contributed by atoms with van der Waals surface area (Å²) >= 11 is 1.45. The standard InChI is InChI=1S/C24H23NO4S/c1-3-28-20-15-9-8-14-19(20)25-23(26)22(17-11-5-4-6-12-17)29-24(27)18-13-7-10-16-21(18)30-2/h4-16,22H,3H2,1-2H3,(H,25,26)/t22-/m1/s1. The Morgan fingerprint density at radius 3 is 2.33 bits per heavy atom. The molecule has 1 atom stereocenters. The average Bonchev–Trinajstić information content (AvgIpc) is 2.79. The number of ether oxygens (including phenoxy) is 2. The average molecular weight is 422 g/mol. The van der Waals surface area contributed by atoms with Crippen LogP contribution in [0.2, 0.25) is 0 Å². The zero-order valence-electron chi connectivity index (χ0n) is 16.8. The van der Waals surface area contributed by atoms with Gasteiger partial charge in [-0.3, -0.25) is 4.79 Å². The lowest BCUT2D eigenvalue weighted by Crippen LogP contribution is -2.26. The summed E-state index contributed by atoms with van der Waals surface area (Å²) in [5.74, 6) is -0.454. The van der Waals surface area contributed by atoms with Crippen molar-refractivity contribution < 1.29 is 19.1 Å². The van der Waals surface area contributed by atoms with E-state index in [2.05, 4.69) is 5.32 Å². The topological polar surface area (TPSA) is 64.6 Å². The lowest BCUT2D eigenvalue weighted by Gasteiger charge is -2.20. The summed E-state index contributed by atoms with van der Waals surface area (Å²) in [6.45, 7) is 2.34. The SMILES string of the molecule is CCOc1ccccc1NC(=O)[C@H](OC(=O)c1ccccc1SC)c1ccccc1. The first-order valence-electron chi connectivity index (χ1n) is 9.55. The van der Waals surface area contributed by atoms with Crippen LogP contribution in [0.3, 0.4) is 0 Å². The first-order valence-corrected chi connectivity index (χ1v) is 10.8. The van der Waals surface area contributed by atoms with Crippen molar-refractivity contribution in [3.05, 3.63) is 90.0 Å². The van der Waals surface area contributed by atoms with Crippen molar-refractivity contribution in [2.24, 2.45) is 0 Å². The van der Waals surface area contributed by atoms with Gasteiger partial charge in [-0.2, -0.15) is 0 Å². The number of nitrogens with one attached hydrogen (secondary N) is 1. The molecule has 1 amide bonds. The quantitative estimate of drug-likeness (QED) is 0.393. The highest BCUT2D eigenvalue weighted by atomic mass is 32.2. The van der Waals surface area contributed by atoms with Crippen LogP contribution in [0, 0.1) is 0 Å². The van der Waals surface area contributed by atoms with Crippen LogP contribution in [-0.4, -0.2) is 24.7 Å². The molecule has 0 bridgehead atoms. The third-order valence-corrected chi connectivity index (χ3v) is 5.13. The third-order valence-electron chi connectivity index (χ3n) is 4.34. The van der Waals surface area contributed by atoms with Gasteiger partial charge in [0.05, 0.1) is 17.9 Å². The third kappa shape index (κ3) is 5.21. The summed E-state index contributed by atoms with van der Waals surface area (Å²) in [7, 11) is 0. The Hall–Kier alpha value is -3.25. The van der Waals surface area contributed by atoms with Crippen molar-refractivity contribution in [1.29, 1.82) is 0 Å². The van der Waals surface area contributed by atoms with E-state index in [9.17, 15) is 9.59 Å². The molecular formula is C24H23NO4S. The first-order chi connectivity index (χ1) is 14.6. The number of carbonyl (C=O) groups excluding carboxylic acids is 2.